The van der Waals surface area contributed by atoms with Gasteiger partial charge in [-0.15, -0.1) is 0 Å². The minimum atomic E-state index is -0.0500. The molecule has 1 unspecified atom stereocenters. The van der Waals surface area contributed by atoms with Gasteiger partial charge in [-0.3, -0.25) is 0 Å². The fraction of sp³-hybridized carbons (Fsp3) is 0.333. The molecule has 0 aromatic heterocycles. The molecule has 2 N–H and O–H groups in total. The van der Waals surface area contributed by atoms with Crippen LogP contribution in [0.5, 0.6) is 0 Å². The van der Waals surface area contributed by atoms with Gasteiger partial charge in [-0.2, -0.15) is 0 Å². The number of rotatable bonds is 3. The summed E-state index contributed by atoms with van der Waals surface area (Å²) in [6, 6.07) is 7.72. The molecule has 0 aliphatic carbocycles. The molecular weight excluding hydrogens is 210 g/mol. The number of ether oxygens (including phenoxy) is 1. The van der Waals surface area contributed by atoms with Crippen molar-refractivity contribution in [2.75, 3.05) is 6.61 Å². The molecule has 80 valence electrons. The van der Waals surface area contributed by atoms with Crippen molar-refractivity contribution in [3.8, 4) is 0 Å². The molecule has 1 atom stereocenters. The van der Waals surface area contributed by atoms with Gasteiger partial charge in [-0.05, 0) is 30.2 Å². The molecule has 0 fully saturated rings. The summed E-state index contributed by atoms with van der Waals surface area (Å²) in [5.74, 6) is 0.912. The molecule has 2 nitrogen and oxygen atoms in total. The third-order valence-electron chi connectivity index (χ3n) is 2.44. The zero-order chi connectivity index (χ0) is 10.7. The average molecular weight is 224 g/mol. The van der Waals surface area contributed by atoms with E-state index in [0.29, 0.717) is 0 Å². The Bertz CT molecular complexity index is 376. The van der Waals surface area contributed by atoms with Gasteiger partial charge in [0.1, 0.15) is 5.76 Å². The second-order valence-corrected chi connectivity index (χ2v) is 4.12. The number of hydrogen-bond donors (Lipinski definition) is 1. The standard InChI is InChI=1S/C12H14ClNO/c13-10-4-1-3-9(7-10)8-11(14)12-5-2-6-15-12/h1,3-5,7,11H,2,6,8,14H2. The Hall–Kier alpha value is -0.990. The first-order valence-electron chi connectivity index (χ1n) is 5.08. The quantitative estimate of drug-likeness (QED) is 0.855. The highest BCUT2D eigenvalue weighted by Crippen LogP contribution is 2.17. The Labute approximate surface area is 94.7 Å². The van der Waals surface area contributed by atoms with Crippen LogP contribution in [0.2, 0.25) is 5.02 Å². The zero-order valence-electron chi connectivity index (χ0n) is 8.45. The van der Waals surface area contributed by atoms with Gasteiger partial charge in [-0.25, -0.2) is 0 Å². The van der Waals surface area contributed by atoms with E-state index in [2.05, 4.69) is 6.08 Å². The predicted octanol–water partition coefficient (Wildman–Crippen LogP) is 2.51. The highest BCUT2D eigenvalue weighted by Gasteiger charge is 2.14. The summed E-state index contributed by atoms with van der Waals surface area (Å²) in [5.41, 5.74) is 7.17. The molecule has 2 rings (SSSR count). The maximum Gasteiger partial charge on any atom is 0.109 e. The highest BCUT2D eigenvalue weighted by atomic mass is 35.5. The summed E-state index contributed by atoms with van der Waals surface area (Å²) in [7, 11) is 0. The van der Waals surface area contributed by atoms with Crippen LogP contribution < -0.4 is 5.73 Å². The molecule has 0 bridgehead atoms. The number of benzene rings is 1. The van der Waals surface area contributed by atoms with Crippen LogP contribution in [0.1, 0.15) is 12.0 Å². The van der Waals surface area contributed by atoms with Gasteiger partial charge in [-0.1, -0.05) is 23.7 Å². The van der Waals surface area contributed by atoms with E-state index in [4.69, 9.17) is 22.1 Å². The molecule has 1 aliphatic rings. The summed E-state index contributed by atoms with van der Waals surface area (Å²) < 4.78 is 5.42. The van der Waals surface area contributed by atoms with Crippen LogP contribution in [0.15, 0.2) is 36.1 Å². The van der Waals surface area contributed by atoms with Crippen LogP contribution in [0.3, 0.4) is 0 Å². The normalized spacial score (nSPS) is 17.1. The largest absolute Gasteiger partial charge is 0.496 e. The van der Waals surface area contributed by atoms with E-state index in [9.17, 15) is 0 Å². The molecule has 0 spiro atoms. The van der Waals surface area contributed by atoms with E-state index < -0.39 is 0 Å². The molecule has 3 heteroatoms. The first-order chi connectivity index (χ1) is 7.25. The van der Waals surface area contributed by atoms with E-state index in [1.165, 1.54) is 0 Å². The molecule has 0 saturated carbocycles. The lowest BCUT2D eigenvalue weighted by Gasteiger charge is -2.13. The summed E-state index contributed by atoms with van der Waals surface area (Å²) >= 11 is 5.90. The number of halogens is 1. The van der Waals surface area contributed by atoms with E-state index in [-0.39, 0.29) is 6.04 Å². The lowest BCUT2D eigenvalue weighted by atomic mass is 10.1. The predicted molar refractivity (Wildman–Crippen MR) is 61.8 cm³/mol. The van der Waals surface area contributed by atoms with Gasteiger partial charge >= 0.3 is 0 Å². The van der Waals surface area contributed by atoms with Crippen LogP contribution in [-0.2, 0) is 11.2 Å². The van der Waals surface area contributed by atoms with Crippen LogP contribution in [0.4, 0.5) is 0 Å². The van der Waals surface area contributed by atoms with Gasteiger partial charge in [0.2, 0.25) is 0 Å². The lowest BCUT2D eigenvalue weighted by Crippen LogP contribution is -2.25. The van der Waals surface area contributed by atoms with Gasteiger partial charge in [0.05, 0.1) is 12.6 Å². The molecule has 1 aliphatic heterocycles. The van der Waals surface area contributed by atoms with E-state index in [1.807, 2.05) is 24.3 Å². The van der Waals surface area contributed by atoms with Crippen molar-refractivity contribution in [1.82, 2.24) is 0 Å². The topological polar surface area (TPSA) is 35.2 Å². The first kappa shape index (κ1) is 10.5. The fourth-order valence-electron chi connectivity index (χ4n) is 1.71. The highest BCUT2D eigenvalue weighted by molar-refractivity contribution is 6.30. The SMILES string of the molecule is NC(Cc1cccc(Cl)c1)C1=CCCO1. The Balaban J connectivity index is 2.02. The van der Waals surface area contributed by atoms with E-state index in [0.717, 1.165) is 35.8 Å². The fourth-order valence-corrected chi connectivity index (χ4v) is 1.93. The van der Waals surface area contributed by atoms with Gasteiger partial charge in [0.15, 0.2) is 0 Å². The van der Waals surface area contributed by atoms with Crippen molar-refractivity contribution in [2.24, 2.45) is 5.73 Å². The summed E-state index contributed by atoms with van der Waals surface area (Å²) in [4.78, 5) is 0. The molecule has 1 aromatic carbocycles. The summed E-state index contributed by atoms with van der Waals surface area (Å²) in [5, 5.41) is 0.751. The van der Waals surface area contributed by atoms with Crippen molar-refractivity contribution in [1.29, 1.82) is 0 Å². The Morgan fingerprint density at radius 3 is 3.00 bits per heavy atom. The first-order valence-corrected chi connectivity index (χ1v) is 5.46. The smallest absolute Gasteiger partial charge is 0.109 e. The summed E-state index contributed by atoms with van der Waals surface area (Å²) in [6.45, 7) is 0.762. The van der Waals surface area contributed by atoms with E-state index in [1.54, 1.807) is 0 Å². The average Bonchev–Trinajstić information content (AvgIpc) is 2.70. The van der Waals surface area contributed by atoms with Gasteiger partial charge in [0.25, 0.3) is 0 Å². The van der Waals surface area contributed by atoms with Gasteiger partial charge < -0.3 is 10.5 Å². The Morgan fingerprint density at radius 2 is 2.33 bits per heavy atom. The molecule has 1 heterocycles. The minimum absolute atomic E-state index is 0.0500. The maximum absolute atomic E-state index is 6.02. The van der Waals surface area contributed by atoms with Crippen LogP contribution in [0.25, 0.3) is 0 Å². The van der Waals surface area contributed by atoms with Gasteiger partial charge in [0, 0.05) is 11.4 Å². The molecular formula is C12H14ClNO. The zero-order valence-corrected chi connectivity index (χ0v) is 9.20. The van der Waals surface area contributed by atoms with E-state index >= 15 is 0 Å². The van der Waals surface area contributed by atoms with Crippen LogP contribution >= 0.6 is 11.6 Å². The van der Waals surface area contributed by atoms with Crippen molar-refractivity contribution in [2.45, 2.75) is 18.9 Å². The Morgan fingerprint density at radius 1 is 1.47 bits per heavy atom. The lowest BCUT2D eigenvalue weighted by molar-refractivity contribution is 0.224. The third kappa shape index (κ3) is 2.74. The monoisotopic (exact) mass is 223 g/mol. The van der Waals surface area contributed by atoms with Crippen LogP contribution in [-0.4, -0.2) is 12.6 Å². The van der Waals surface area contributed by atoms with Crippen LogP contribution in [0, 0.1) is 0 Å². The Kier molecular flexibility index (Phi) is 3.29. The number of hydrogen-bond acceptors (Lipinski definition) is 2. The molecule has 1 aromatic rings. The second-order valence-electron chi connectivity index (χ2n) is 3.68. The minimum Gasteiger partial charge on any atom is -0.496 e. The van der Waals surface area contributed by atoms with Crippen molar-refractivity contribution < 1.29 is 4.74 Å². The summed E-state index contributed by atoms with van der Waals surface area (Å²) in [6.07, 6.45) is 3.81. The molecule has 0 amide bonds. The third-order valence-corrected chi connectivity index (χ3v) is 2.68. The van der Waals surface area contributed by atoms with Crippen molar-refractivity contribution in [3.63, 3.8) is 0 Å². The molecule has 0 radical (unpaired) electrons. The van der Waals surface area contributed by atoms with Crippen molar-refractivity contribution in [3.05, 3.63) is 46.7 Å². The second kappa shape index (κ2) is 4.69. The number of nitrogens with two attached hydrogens (primary N) is 1. The molecule has 0 saturated heterocycles. The molecule has 15 heavy (non-hydrogen) atoms. The van der Waals surface area contributed by atoms with Crippen molar-refractivity contribution >= 4 is 11.6 Å². The maximum atomic E-state index is 6.02.